The zero-order valence-electron chi connectivity index (χ0n) is 10.4. The Bertz CT molecular complexity index is 547. The molecule has 5 nitrogen and oxygen atoms in total. The van der Waals surface area contributed by atoms with Crippen molar-refractivity contribution in [3.63, 3.8) is 0 Å². The topological polar surface area (TPSA) is 64.8 Å². The van der Waals surface area contributed by atoms with Crippen LogP contribution in [0, 0.1) is 0 Å². The van der Waals surface area contributed by atoms with E-state index in [0.717, 1.165) is 17.8 Å². The minimum Gasteiger partial charge on any atom is -0.332 e. The molecule has 0 amide bonds. The van der Waals surface area contributed by atoms with E-state index in [1.54, 1.807) is 6.33 Å². The van der Waals surface area contributed by atoms with Crippen LogP contribution in [-0.4, -0.2) is 21.9 Å². The highest BCUT2D eigenvalue weighted by Gasteiger charge is 2.09. The van der Waals surface area contributed by atoms with E-state index >= 15 is 0 Å². The minimum atomic E-state index is 0.0493. The van der Waals surface area contributed by atoms with Crippen molar-refractivity contribution in [3.8, 4) is 0 Å². The normalized spacial score (nSPS) is 10.6. The average molecular weight is 245 g/mol. The van der Waals surface area contributed by atoms with Crippen molar-refractivity contribution in [2.75, 3.05) is 6.54 Å². The largest absolute Gasteiger partial charge is 0.332 e. The Morgan fingerprint density at radius 1 is 1.56 bits per heavy atom. The maximum Gasteiger partial charge on any atom is 0.190 e. The van der Waals surface area contributed by atoms with E-state index in [4.69, 9.17) is 5.73 Å². The lowest BCUT2D eigenvalue weighted by Crippen LogP contribution is -2.35. The highest BCUT2D eigenvalue weighted by atomic mass is 16.1. The first-order chi connectivity index (χ1) is 8.69. The fraction of sp³-hybridized carbons (Fsp3) is 0.308. The van der Waals surface area contributed by atoms with Crippen LogP contribution in [0.5, 0.6) is 0 Å². The summed E-state index contributed by atoms with van der Waals surface area (Å²) in [5.74, 6) is 0.0493. The fourth-order valence-electron chi connectivity index (χ4n) is 1.80. The molecule has 2 aromatic heterocycles. The van der Waals surface area contributed by atoms with Gasteiger partial charge in [-0.2, -0.15) is 4.57 Å². The maximum absolute atomic E-state index is 11.3. The average Bonchev–Trinajstić information content (AvgIpc) is 2.75. The molecule has 0 aliphatic carbocycles. The highest BCUT2D eigenvalue weighted by Crippen LogP contribution is 1.99. The molecule has 0 unspecified atom stereocenters. The van der Waals surface area contributed by atoms with Crippen molar-refractivity contribution in [2.24, 2.45) is 12.8 Å². The smallest absolute Gasteiger partial charge is 0.190 e. The molecule has 18 heavy (non-hydrogen) atoms. The van der Waals surface area contributed by atoms with E-state index in [9.17, 15) is 4.79 Å². The standard InChI is InChI=1S/C13H17N4O/c1-16-10-15-7-12(16)9-17-4-2-3-11(8-17)5-13(18)6-14/h2-4,7-8,10H,5-6,9,14H2,1H3/q+1. The molecule has 0 bridgehead atoms. The van der Waals surface area contributed by atoms with Crippen LogP contribution in [0.1, 0.15) is 11.3 Å². The molecule has 0 radical (unpaired) electrons. The fourth-order valence-corrected chi connectivity index (χ4v) is 1.80. The number of hydrogen-bond acceptors (Lipinski definition) is 3. The number of nitrogens with two attached hydrogens (primary N) is 1. The molecule has 2 rings (SSSR count). The Labute approximate surface area is 106 Å². The van der Waals surface area contributed by atoms with Gasteiger partial charge in [0.05, 0.1) is 19.1 Å². The maximum atomic E-state index is 11.3. The van der Waals surface area contributed by atoms with Gasteiger partial charge in [0.15, 0.2) is 24.7 Å². The van der Waals surface area contributed by atoms with Gasteiger partial charge in [0, 0.05) is 25.1 Å². The van der Waals surface area contributed by atoms with Gasteiger partial charge in [-0.05, 0) is 6.07 Å². The second-order valence-electron chi connectivity index (χ2n) is 4.30. The van der Waals surface area contributed by atoms with Crippen LogP contribution in [0.3, 0.4) is 0 Å². The van der Waals surface area contributed by atoms with Gasteiger partial charge in [-0.15, -0.1) is 0 Å². The lowest BCUT2D eigenvalue weighted by molar-refractivity contribution is -0.689. The number of aromatic nitrogens is 3. The molecule has 0 aliphatic rings. The molecule has 0 aliphatic heterocycles. The second-order valence-corrected chi connectivity index (χ2v) is 4.30. The van der Waals surface area contributed by atoms with Crippen molar-refractivity contribution in [2.45, 2.75) is 13.0 Å². The monoisotopic (exact) mass is 245 g/mol. The van der Waals surface area contributed by atoms with Crippen LogP contribution in [0.25, 0.3) is 0 Å². The first-order valence-corrected chi connectivity index (χ1v) is 5.84. The number of rotatable bonds is 5. The summed E-state index contributed by atoms with van der Waals surface area (Å²) in [6, 6.07) is 3.88. The summed E-state index contributed by atoms with van der Waals surface area (Å²) in [5.41, 5.74) is 7.41. The molecule has 0 fully saturated rings. The molecule has 0 atom stereocenters. The zero-order chi connectivity index (χ0) is 13.0. The molecule has 94 valence electrons. The molecular formula is C13H17N4O+. The number of Topliss-reactive ketones (excluding diaryl/α,β-unsaturated/α-hetero) is 1. The summed E-state index contributed by atoms with van der Waals surface area (Å²) in [6.45, 7) is 0.831. The van der Waals surface area contributed by atoms with Gasteiger partial charge in [-0.3, -0.25) is 4.79 Å². The summed E-state index contributed by atoms with van der Waals surface area (Å²) < 4.78 is 4.01. The van der Waals surface area contributed by atoms with E-state index in [1.165, 1.54) is 0 Å². The number of carbonyl (C=O) groups is 1. The van der Waals surface area contributed by atoms with Crippen LogP contribution >= 0.6 is 0 Å². The Balaban J connectivity index is 2.12. The SMILES string of the molecule is Cn1cncc1C[n+]1cccc(CC(=O)CN)c1. The van der Waals surface area contributed by atoms with Crippen molar-refractivity contribution in [1.82, 2.24) is 9.55 Å². The molecule has 0 aromatic carbocycles. The number of imidazole rings is 1. The van der Waals surface area contributed by atoms with Gasteiger partial charge >= 0.3 is 0 Å². The predicted octanol–water partition coefficient (Wildman–Crippen LogP) is -0.174. The van der Waals surface area contributed by atoms with Gasteiger partial charge in [0.2, 0.25) is 0 Å². The number of pyridine rings is 1. The van der Waals surface area contributed by atoms with E-state index in [0.29, 0.717) is 6.42 Å². The van der Waals surface area contributed by atoms with Crippen molar-refractivity contribution in [3.05, 3.63) is 48.3 Å². The molecule has 0 saturated carbocycles. The van der Waals surface area contributed by atoms with Gasteiger partial charge in [0.1, 0.15) is 5.69 Å². The summed E-state index contributed by atoms with van der Waals surface area (Å²) in [6.07, 6.45) is 7.95. The van der Waals surface area contributed by atoms with Crippen molar-refractivity contribution >= 4 is 5.78 Å². The summed E-state index contributed by atoms with van der Waals surface area (Å²) in [7, 11) is 1.96. The van der Waals surface area contributed by atoms with Crippen LogP contribution in [0.4, 0.5) is 0 Å². The zero-order valence-corrected chi connectivity index (χ0v) is 10.4. The first kappa shape index (κ1) is 12.4. The van der Waals surface area contributed by atoms with Crippen LogP contribution < -0.4 is 10.3 Å². The van der Waals surface area contributed by atoms with Gasteiger partial charge in [-0.1, -0.05) is 0 Å². The van der Waals surface area contributed by atoms with Crippen LogP contribution in [0.2, 0.25) is 0 Å². The predicted molar refractivity (Wildman–Crippen MR) is 66.7 cm³/mol. The molecule has 2 aromatic rings. The Kier molecular flexibility index (Phi) is 3.84. The Hall–Kier alpha value is -2.01. The number of aryl methyl sites for hydroxylation is 1. The Morgan fingerprint density at radius 2 is 2.39 bits per heavy atom. The molecule has 2 N–H and O–H groups in total. The first-order valence-electron chi connectivity index (χ1n) is 5.84. The van der Waals surface area contributed by atoms with E-state index in [2.05, 4.69) is 4.98 Å². The quantitative estimate of drug-likeness (QED) is 0.744. The number of nitrogens with zero attached hydrogens (tertiary/aromatic N) is 3. The van der Waals surface area contributed by atoms with Crippen LogP contribution in [0.15, 0.2) is 37.1 Å². The summed E-state index contributed by atoms with van der Waals surface area (Å²) in [4.78, 5) is 15.4. The third kappa shape index (κ3) is 3.01. The summed E-state index contributed by atoms with van der Waals surface area (Å²) in [5, 5.41) is 0. The van der Waals surface area contributed by atoms with E-state index < -0.39 is 0 Å². The van der Waals surface area contributed by atoms with Crippen molar-refractivity contribution < 1.29 is 9.36 Å². The van der Waals surface area contributed by atoms with E-state index in [-0.39, 0.29) is 12.3 Å². The Morgan fingerprint density at radius 3 is 3.06 bits per heavy atom. The molecule has 0 spiro atoms. The molecular weight excluding hydrogens is 228 g/mol. The lowest BCUT2D eigenvalue weighted by atomic mass is 10.1. The van der Waals surface area contributed by atoms with Crippen molar-refractivity contribution in [1.29, 1.82) is 0 Å². The van der Waals surface area contributed by atoms with Gasteiger partial charge < -0.3 is 10.3 Å². The number of carbonyl (C=O) groups excluding carboxylic acids is 1. The van der Waals surface area contributed by atoms with Gasteiger partial charge in [-0.25, -0.2) is 4.98 Å². The number of hydrogen-bond donors (Lipinski definition) is 1. The second kappa shape index (κ2) is 5.55. The minimum absolute atomic E-state index is 0.0493. The third-order valence-corrected chi connectivity index (χ3v) is 2.81. The third-order valence-electron chi connectivity index (χ3n) is 2.81. The molecule has 0 saturated heterocycles. The highest BCUT2D eigenvalue weighted by molar-refractivity contribution is 5.82. The summed E-state index contributed by atoms with van der Waals surface area (Å²) >= 11 is 0. The van der Waals surface area contributed by atoms with Crippen LogP contribution in [-0.2, 0) is 24.8 Å². The van der Waals surface area contributed by atoms with E-state index in [1.807, 2.05) is 46.9 Å². The van der Waals surface area contributed by atoms with Gasteiger partial charge in [0.25, 0.3) is 0 Å². The lowest BCUT2D eigenvalue weighted by Gasteiger charge is -2.01. The molecule has 5 heteroatoms. The molecule has 2 heterocycles. The number of ketones is 1.